The molecule has 0 spiro atoms. The molecular formula is C7H8N2NaO3S. The molecule has 0 atom stereocenters. The maximum Gasteiger partial charge on any atom is 0.353 e. The number of amides is 2. The Kier molecular flexibility index (Phi) is 11.7. The largest absolute Gasteiger partial charge is 0.353 e. The van der Waals surface area contributed by atoms with E-state index in [-0.39, 0.29) is 29.6 Å². The molecule has 1 aromatic rings. The molecule has 0 saturated carbocycles. The van der Waals surface area contributed by atoms with Crippen LogP contribution in [0.5, 0.6) is 0 Å². The van der Waals surface area contributed by atoms with Gasteiger partial charge in [-0.1, -0.05) is 40.8 Å². The first-order valence-electron chi connectivity index (χ1n) is 3.23. The summed E-state index contributed by atoms with van der Waals surface area (Å²) in [6.45, 7) is 0. The van der Waals surface area contributed by atoms with Crippen LogP contribution < -0.4 is 5.73 Å². The van der Waals surface area contributed by atoms with Crippen LogP contribution in [0.2, 0.25) is 0 Å². The van der Waals surface area contributed by atoms with Crippen molar-refractivity contribution < 1.29 is 13.2 Å². The second-order valence-corrected chi connectivity index (χ2v) is 2.42. The van der Waals surface area contributed by atoms with E-state index >= 15 is 0 Å². The number of nitrogens with zero attached hydrogens (tertiary/aromatic N) is 1. The monoisotopic (exact) mass is 223 g/mol. The number of carbonyl (C=O) groups excluding carboxylic acids is 1. The minimum Gasteiger partial charge on any atom is -0.349 e. The third-order valence-electron chi connectivity index (χ3n) is 0.831. The summed E-state index contributed by atoms with van der Waals surface area (Å²) in [6, 6.07) is 10.8. The first-order valence-corrected chi connectivity index (χ1v) is 4.26. The maximum absolute atomic E-state index is 9.47. The van der Waals surface area contributed by atoms with E-state index in [1.807, 2.05) is 36.4 Å². The van der Waals surface area contributed by atoms with Crippen molar-refractivity contribution in [1.29, 1.82) is 0 Å². The molecule has 0 saturated heterocycles. The summed E-state index contributed by atoms with van der Waals surface area (Å²) < 4.78 is 21.0. The van der Waals surface area contributed by atoms with Crippen molar-refractivity contribution in [2.75, 3.05) is 0 Å². The molecular weight excluding hydrogens is 215 g/mol. The minimum absolute atomic E-state index is 0. The topological polar surface area (TPSA) is 89.6 Å². The van der Waals surface area contributed by atoms with Crippen LogP contribution in [0.15, 0.2) is 40.8 Å². The van der Waals surface area contributed by atoms with E-state index < -0.39 is 16.5 Å². The molecule has 14 heavy (non-hydrogen) atoms. The van der Waals surface area contributed by atoms with Crippen LogP contribution in [-0.4, -0.2) is 44.0 Å². The first-order chi connectivity index (χ1) is 6.13. The van der Waals surface area contributed by atoms with Crippen molar-refractivity contribution in [2.24, 2.45) is 10.1 Å². The second kappa shape index (κ2) is 10.4. The molecule has 0 aliphatic heterocycles. The van der Waals surface area contributed by atoms with Gasteiger partial charge in [0.25, 0.3) is 0 Å². The summed E-state index contributed by atoms with van der Waals surface area (Å²) in [7, 11) is -2.70. The quantitative estimate of drug-likeness (QED) is 0.647. The van der Waals surface area contributed by atoms with Gasteiger partial charge in [-0.15, -0.1) is 0 Å². The summed E-state index contributed by atoms with van der Waals surface area (Å²) in [5, 5.41) is 0. The Morgan fingerprint density at radius 1 is 1.00 bits per heavy atom. The smallest absolute Gasteiger partial charge is 0.349 e. The number of urea groups is 1. The van der Waals surface area contributed by atoms with Gasteiger partial charge >= 0.3 is 16.5 Å². The number of primary amides is 1. The van der Waals surface area contributed by atoms with Crippen molar-refractivity contribution in [3.05, 3.63) is 36.4 Å². The molecule has 2 N–H and O–H groups in total. The van der Waals surface area contributed by atoms with E-state index in [4.69, 9.17) is 0 Å². The Morgan fingerprint density at radius 3 is 1.36 bits per heavy atom. The van der Waals surface area contributed by atoms with Crippen molar-refractivity contribution in [1.82, 2.24) is 0 Å². The molecule has 0 aliphatic rings. The van der Waals surface area contributed by atoms with Gasteiger partial charge in [0.1, 0.15) is 0 Å². The van der Waals surface area contributed by atoms with Crippen molar-refractivity contribution in [3.63, 3.8) is 0 Å². The molecule has 7 heteroatoms. The zero-order valence-corrected chi connectivity index (χ0v) is 10.4. The van der Waals surface area contributed by atoms with Gasteiger partial charge in [-0.25, -0.2) is 4.79 Å². The molecule has 0 aliphatic carbocycles. The van der Waals surface area contributed by atoms with Gasteiger partial charge in [0.05, 0.1) is 0 Å². The fourth-order valence-electron chi connectivity index (χ4n) is 0.458. The molecule has 0 unspecified atom stereocenters. The van der Waals surface area contributed by atoms with Crippen molar-refractivity contribution in [2.45, 2.75) is 0 Å². The zero-order valence-electron chi connectivity index (χ0n) is 7.62. The number of carbonyl (C=O) groups is 1. The zero-order chi connectivity index (χ0) is 10.1. The number of hydrogen-bond acceptors (Lipinski definition) is 3. The van der Waals surface area contributed by atoms with Gasteiger partial charge in [-0.3, -0.25) is 0 Å². The average Bonchev–Trinajstić information content (AvgIpc) is 2.06. The predicted octanol–water partition coefficient (Wildman–Crippen LogP) is 0.434. The van der Waals surface area contributed by atoms with Crippen LogP contribution in [0, 0.1) is 0 Å². The fraction of sp³-hybridized carbons (Fsp3) is 0. The molecule has 71 valence electrons. The molecule has 0 aromatic heterocycles. The number of hydrogen-bond donors (Lipinski definition) is 1. The Balaban J connectivity index is 0. The summed E-state index contributed by atoms with van der Waals surface area (Å²) >= 11 is 0. The Bertz CT molecular complexity index is 342. The Labute approximate surface area is 105 Å². The molecule has 0 bridgehead atoms. The van der Waals surface area contributed by atoms with Gasteiger partial charge in [0, 0.05) is 29.6 Å². The second-order valence-electron chi connectivity index (χ2n) is 1.80. The molecule has 2 amide bonds. The average molecular weight is 223 g/mol. The van der Waals surface area contributed by atoms with Gasteiger partial charge in [-0.05, 0) is 0 Å². The molecule has 5 nitrogen and oxygen atoms in total. The SMILES string of the molecule is NC(=O)N=S(=O)=O.[Na].c1ccccc1. The van der Waals surface area contributed by atoms with E-state index in [2.05, 4.69) is 10.1 Å². The standard InChI is InChI=1S/C6H6.CH2N2O3S.Na/c1-2-4-6-5-3-1;2-1(4)3-7(5)6;/h1-6H;(H2,2,4);. The minimum atomic E-state index is -2.70. The summed E-state index contributed by atoms with van der Waals surface area (Å²) in [4.78, 5) is 9.47. The van der Waals surface area contributed by atoms with Gasteiger partial charge in [0.15, 0.2) is 0 Å². The Hall–Kier alpha value is -0.690. The fourth-order valence-corrected chi connectivity index (χ4v) is 0.605. The van der Waals surface area contributed by atoms with Gasteiger partial charge < -0.3 is 5.73 Å². The molecule has 0 heterocycles. The summed E-state index contributed by atoms with van der Waals surface area (Å²) in [5.41, 5.74) is 4.29. The predicted molar refractivity (Wildman–Crippen MR) is 53.1 cm³/mol. The van der Waals surface area contributed by atoms with Crippen molar-refractivity contribution in [3.8, 4) is 0 Å². The van der Waals surface area contributed by atoms with E-state index in [1.54, 1.807) is 0 Å². The van der Waals surface area contributed by atoms with E-state index in [0.717, 1.165) is 0 Å². The van der Waals surface area contributed by atoms with Crippen LogP contribution >= 0.6 is 0 Å². The summed E-state index contributed by atoms with van der Waals surface area (Å²) in [5.74, 6) is 0. The van der Waals surface area contributed by atoms with Gasteiger partial charge in [0.2, 0.25) is 0 Å². The van der Waals surface area contributed by atoms with E-state index in [0.29, 0.717) is 0 Å². The van der Waals surface area contributed by atoms with Crippen LogP contribution in [-0.2, 0) is 10.5 Å². The van der Waals surface area contributed by atoms with Crippen molar-refractivity contribution >= 4 is 46.1 Å². The van der Waals surface area contributed by atoms with E-state index in [9.17, 15) is 13.2 Å². The molecule has 1 aromatic carbocycles. The third kappa shape index (κ3) is 13.9. The maximum atomic E-state index is 9.47. The summed E-state index contributed by atoms with van der Waals surface area (Å²) in [6.07, 6.45) is 0. The van der Waals surface area contributed by atoms with Crippen LogP contribution in [0.4, 0.5) is 4.79 Å². The Morgan fingerprint density at radius 2 is 1.29 bits per heavy atom. The number of benzene rings is 1. The van der Waals surface area contributed by atoms with Crippen LogP contribution in [0.25, 0.3) is 0 Å². The number of rotatable bonds is 0. The normalized spacial score (nSPS) is 7.14. The van der Waals surface area contributed by atoms with Gasteiger partial charge in [-0.2, -0.15) is 8.42 Å². The molecule has 0 fully saturated rings. The van der Waals surface area contributed by atoms with Crippen LogP contribution in [0.1, 0.15) is 0 Å². The van der Waals surface area contributed by atoms with E-state index in [1.165, 1.54) is 0 Å². The van der Waals surface area contributed by atoms with Crippen LogP contribution in [0.3, 0.4) is 0 Å². The molecule has 1 radical (unpaired) electrons. The molecule has 1 rings (SSSR count). The third-order valence-corrected chi connectivity index (χ3v) is 1.16. The number of nitrogens with two attached hydrogens (primary N) is 1. The first kappa shape index (κ1) is 15.8.